The quantitative estimate of drug-likeness (QED) is 0.451. The van der Waals surface area contributed by atoms with E-state index in [1.165, 1.54) is 47.2 Å². The summed E-state index contributed by atoms with van der Waals surface area (Å²) in [5.41, 5.74) is 8.03. The van der Waals surface area contributed by atoms with Gasteiger partial charge >= 0.3 is 5.97 Å². The maximum absolute atomic E-state index is 11.8. The van der Waals surface area contributed by atoms with Gasteiger partial charge in [-0.05, 0) is 59.6 Å². The van der Waals surface area contributed by atoms with E-state index >= 15 is 0 Å². The summed E-state index contributed by atoms with van der Waals surface area (Å²) < 4.78 is 4.89. The Morgan fingerprint density at radius 1 is 1.03 bits per heavy atom. The van der Waals surface area contributed by atoms with Gasteiger partial charge in [0.2, 0.25) is 0 Å². The number of ether oxygens (including phenoxy) is 1. The molecule has 0 bridgehead atoms. The number of hydrogen-bond acceptors (Lipinski definition) is 4. The molecule has 1 fully saturated rings. The lowest BCUT2D eigenvalue weighted by Gasteiger charge is -2.34. The van der Waals surface area contributed by atoms with Gasteiger partial charge in [0.05, 0.1) is 13.0 Å². The zero-order chi connectivity index (χ0) is 22.8. The van der Waals surface area contributed by atoms with E-state index in [9.17, 15) is 4.79 Å². The van der Waals surface area contributed by atoms with Gasteiger partial charge in [0.15, 0.2) is 0 Å². The largest absolute Gasteiger partial charge is 0.469 e. The third kappa shape index (κ3) is 4.61. The van der Waals surface area contributed by atoms with E-state index in [4.69, 9.17) is 4.74 Å². The lowest BCUT2D eigenvalue weighted by Crippen LogP contribution is -2.31. The van der Waals surface area contributed by atoms with E-state index in [2.05, 4.69) is 89.6 Å². The van der Waals surface area contributed by atoms with Crippen LogP contribution in [0.15, 0.2) is 72.8 Å². The second-order valence-electron chi connectivity index (χ2n) is 9.36. The maximum atomic E-state index is 11.8. The number of hydrogen-bond donors (Lipinski definition) is 0. The van der Waals surface area contributed by atoms with Crippen molar-refractivity contribution >= 4 is 17.3 Å². The van der Waals surface area contributed by atoms with Crippen LogP contribution in [0, 0.1) is 5.92 Å². The molecule has 0 N–H and O–H groups in total. The van der Waals surface area contributed by atoms with Crippen LogP contribution in [-0.2, 0) is 29.0 Å². The van der Waals surface area contributed by atoms with Gasteiger partial charge in [-0.25, -0.2) is 0 Å². The maximum Gasteiger partial charge on any atom is 0.309 e. The van der Waals surface area contributed by atoms with Crippen LogP contribution in [0.4, 0.5) is 11.4 Å². The van der Waals surface area contributed by atoms with Gasteiger partial charge in [0, 0.05) is 38.1 Å². The van der Waals surface area contributed by atoms with Crippen molar-refractivity contribution < 1.29 is 9.53 Å². The minimum absolute atomic E-state index is 0.0324. The summed E-state index contributed by atoms with van der Waals surface area (Å²) in [5, 5.41) is 0. The molecule has 3 aromatic rings. The van der Waals surface area contributed by atoms with Gasteiger partial charge in [-0.1, -0.05) is 60.7 Å². The number of nitrogens with zero attached hydrogens (tertiary/aromatic N) is 2. The van der Waals surface area contributed by atoms with Crippen molar-refractivity contribution in [1.82, 2.24) is 0 Å². The first-order valence-corrected chi connectivity index (χ1v) is 11.9. The van der Waals surface area contributed by atoms with Crippen LogP contribution in [0.3, 0.4) is 0 Å². The third-order valence-electron chi connectivity index (χ3n) is 7.07. The predicted octanol–water partition coefficient (Wildman–Crippen LogP) is 5.55. The van der Waals surface area contributed by atoms with Gasteiger partial charge in [-0.2, -0.15) is 0 Å². The van der Waals surface area contributed by atoms with E-state index in [-0.39, 0.29) is 11.9 Å². The molecule has 2 aliphatic rings. The average molecular weight is 441 g/mol. The molecule has 4 heteroatoms. The molecule has 0 amide bonds. The molecule has 0 spiro atoms. The SMILES string of the molecule is COC(=O)[C@@H]1C[C@H]1c1ccc(N(C)Cc2cccc3c2N(Cc2ccccc2)CCC3)cc1. The Morgan fingerprint density at radius 2 is 1.82 bits per heavy atom. The Morgan fingerprint density at radius 3 is 2.58 bits per heavy atom. The Hall–Kier alpha value is -3.27. The van der Waals surface area contributed by atoms with Crippen LogP contribution >= 0.6 is 0 Å². The van der Waals surface area contributed by atoms with E-state index in [0.717, 1.165) is 32.5 Å². The lowest BCUT2D eigenvalue weighted by molar-refractivity contribution is -0.142. The summed E-state index contributed by atoms with van der Waals surface area (Å²) >= 11 is 0. The van der Waals surface area contributed by atoms with Crippen molar-refractivity contribution in [2.75, 3.05) is 30.5 Å². The molecule has 0 unspecified atom stereocenters. The number of fused-ring (bicyclic) bond motifs is 1. The van der Waals surface area contributed by atoms with Crippen molar-refractivity contribution in [2.24, 2.45) is 5.92 Å². The summed E-state index contributed by atoms with van der Waals surface area (Å²) in [6.45, 7) is 2.91. The Balaban J connectivity index is 1.32. The van der Waals surface area contributed by atoms with Crippen molar-refractivity contribution in [3.63, 3.8) is 0 Å². The Labute approximate surface area is 196 Å². The molecule has 4 nitrogen and oxygen atoms in total. The molecule has 1 aliphatic heterocycles. The topological polar surface area (TPSA) is 32.8 Å². The number of esters is 1. The van der Waals surface area contributed by atoms with E-state index < -0.39 is 0 Å². The number of benzene rings is 3. The molecular weight excluding hydrogens is 408 g/mol. The summed E-state index contributed by atoms with van der Waals surface area (Å²) in [6.07, 6.45) is 3.25. The van der Waals surface area contributed by atoms with Gasteiger partial charge in [0.1, 0.15) is 0 Å². The molecule has 5 rings (SSSR count). The number of anilines is 2. The number of carbonyl (C=O) groups excluding carboxylic acids is 1. The van der Waals surface area contributed by atoms with Crippen LogP contribution in [0.25, 0.3) is 0 Å². The molecule has 1 aliphatic carbocycles. The molecule has 1 saturated carbocycles. The minimum Gasteiger partial charge on any atom is -0.469 e. The highest BCUT2D eigenvalue weighted by Crippen LogP contribution is 2.48. The average Bonchev–Trinajstić information content (AvgIpc) is 3.66. The van der Waals surface area contributed by atoms with Gasteiger partial charge < -0.3 is 14.5 Å². The molecule has 0 aromatic heterocycles. The number of carbonyl (C=O) groups is 1. The van der Waals surface area contributed by atoms with E-state index in [1.54, 1.807) is 0 Å². The minimum atomic E-state index is -0.0879. The van der Waals surface area contributed by atoms with Gasteiger partial charge in [-0.15, -0.1) is 0 Å². The first-order valence-electron chi connectivity index (χ1n) is 11.9. The highest BCUT2D eigenvalue weighted by molar-refractivity contribution is 5.77. The van der Waals surface area contributed by atoms with E-state index in [1.807, 2.05) is 0 Å². The molecular formula is C29H32N2O2. The van der Waals surface area contributed by atoms with Crippen LogP contribution < -0.4 is 9.80 Å². The highest BCUT2D eigenvalue weighted by atomic mass is 16.5. The summed E-state index contributed by atoms with van der Waals surface area (Å²) in [4.78, 5) is 16.6. The fraction of sp³-hybridized carbons (Fsp3) is 0.345. The number of aryl methyl sites for hydroxylation is 1. The summed E-state index contributed by atoms with van der Waals surface area (Å²) in [5.74, 6) is 0.254. The summed E-state index contributed by atoms with van der Waals surface area (Å²) in [7, 11) is 3.63. The van der Waals surface area contributed by atoms with Gasteiger partial charge in [-0.3, -0.25) is 4.79 Å². The second kappa shape index (κ2) is 9.30. The van der Waals surface area contributed by atoms with Crippen LogP contribution in [0.5, 0.6) is 0 Å². The van der Waals surface area contributed by atoms with E-state index in [0.29, 0.717) is 5.92 Å². The zero-order valence-electron chi connectivity index (χ0n) is 19.5. The van der Waals surface area contributed by atoms with Crippen LogP contribution in [0.1, 0.15) is 41.0 Å². The first kappa shape index (κ1) is 21.6. The Kier molecular flexibility index (Phi) is 6.08. The second-order valence-corrected chi connectivity index (χ2v) is 9.36. The number of rotatable bonds is 7. The molecule has 0 saturated heterocycles. The normalized spacial score (nSPS) is 19.0. The molecule has 3 aromatic carbocycles. The van der Waals surface area contributed by atoms with Crippen LogP contribution in [-0.4, -0.2) is 26.7 Å². The van der Waals surface area contributed by atoms with Gasteiger partial charge in [0.25, 0.3) is 0 Å². The standard InChI is InChI=1S/C29H32N2O2/c1-30(25-15-13-22(14-16-25)26-18-27(26)29(32)33-2)20-24-11-6-10-23-12-7-17-31(28(23)24)19-21-8-4-3-5-9-21/h3-6,8-11,13-16,26-27H,7,12,17-20H2,1-2H3/t26-,27+/m0/s1. The highest BCUT2D eigenvalue weighted by Gasteiger charge is 2.44. The smallest absolute Gasteiger partial charge is 0.309 e. The van der Waals surface area contributed by atoms with Crippen molar-refractivity contribution in [1.29, 1.82) is 0 Å². The van der Waals surface area contributed by atoms with Crippen molar-refractivity contribution in [3.8, 4) is 0 Å². The van der Waals surface area contributed by atoms with Crippen molar-refractivity contribution in [2.45, 2.75) is 38.3 Å². The Bertz CT molecular complexity index is 1110. The predicted molar refractivity (Wildman–Crippen MR) is 134 cm³/mol. The zero-order valence-corrected chi connectivity index (χ0v) is 19.5. The molecule has 2 atom stereocenters. The van der Waals surface area contributed by atoms with Crippen LogP contribution in [0.2, 0.25) is 0 Å². The third-order valence-corrected chi connectivity index (χ3v) is 7.07. The fourth-order valence-electron chi connectivity index (χ4n) is 5.21. The fourth-order valence-corrected chi connectivity index (χ4v) is 5.21. The monoisotopic (exact) mass is 440 g/mol. The molecule has 1 heterocycles. The number of para-hydroxylation sites is 1. The summed E-state index contributed by atoms with van der Waals surface area (Å²) in [6, 6.07) is 26.2. The first-order chi connectivity index (χ1) is 16.1. The lowest BCUT2D eigenvalue weighted by atomic mass is 9.96. The molecule has 0 radical (unpaired) electrons. The number of methoxy groups -OCH3 is 1. The molecule has 170 valence electrons. The van der Waals surface area contributed by atoms with Crippen molar-refractivity contribution in [3.05, 3.63) is 95.1 Å². The molecule has 33 heavy (non-hydrogen) atoms.